The molecule has 160 valence electrons. The Bertz CT molecular complexity index is 803. The molecule has 1 aliphatic heterocycles. The van der Waals surface area contributed by atoms with Gasteiger partial charge in [0.15, 0.2) is 11.8 Å². The zero-order valence-electron chi connectivity index (χ0n) is 16.7. The summed E-state index contributed by atoms with van der Waals surface area (Å²) in [6, 6.07) is 7.06. The average Bonchev–Trinajstić information content (AvgIpc) is 3.08. The van der Waals surface area contributed by atoms with Gasteiger partial charge in [-0.1, -0.05) is 12.1 Å². The highest BCUT2D eigenvalue weighted by Gasteiger charge is 2.22. The predicted octanol–water partition coefficient (Wildman–Crippen LogP) is 2.84. The normalized spacial score (nSPS) is 16.1. The molecular formula is C19H28FIN6OS. The molecule has 2 aromatic rings. The van der Waals surface area contributed by atoms with Gasteiger partial charge in [-0.15, -0.1) is 35.7 Å². The maximum atomic E-state index is 13.7. The number of nitrogens with one attached hydrogen (secondary N) is 2. The van der Waals surface area contributed by atoms with Crippen LogP contribution in [0.15, 0.2) is 34.2 Å². The van der Waals surface area contributed by atoms with Crippen molar-refractivity contribution in [2.24, 2.45) is 4.99 Å². The van der Waals surface area contributed by atoms with E-state index in [1.165, 1.54) is 17.8 Å². The Morgan fingerprint density at radius 2 is 2.24 bits per heavy atom. The van der Waals surface area contributed by atoms with Crippen molar-refractivity contribution in [2.45, 2.75) is 43.9 Å². The standard InChI is InChI=1S/C19H27FN6OS.HI/c1-3-21-19(22-10-11-28-16-7-5-4-6-15(16)20)23-14-8-9-18-24-17(13-27-2)25-26(18)12-14;/h4-7,14H,3,8-13H2,1-2H3,(H2,21,22,23);1H. The molecule has 3 rings (SSSR count). The van der Waals surface area contributed by atoms with Gasteiger partial charge in [0.2, 0.25) is 0 Å². The summed E-state index contributed by atoms with van der Waals surface area (Å²) in [6.07, 6.45) is 1.84. The summed E-state index contributed by atoms with van der Waals surface area (Å²) in [5, 5.41) is 11.3. The largest absolute Gasteiger partial charge is 0.377 e. The fraction of sp³-hybridized carbons (Fsp3) is 0.526. The molecule has 0 saturated carbocycles. The van der Waals surface area contributed by atoms with Crippen LogP contribution in [0.5, 0.6) is 0 Å². The zero-order valence-corrected chi connectivity index (χ0v) is 19.9. The molecule has 29 heavy (non-hydrogen) atoms. The van der Waals surface area contributed by atoms with Crippen LogP contribution in [0.1, 0.15) is 25.0 Å². The van der Waals surface area contributed by atoms with E-state index in [-0.39, 0.29) is 35.8 Å². The number of ether oxygens (including phenoxy) is 1. The number of aliphatic imine (C=N–C) groups is 1. The lowest BCUT2D eigenvalue weighted by molar-refractivity contribution is 0.177. The number of hydrogen-bond donors (Lipinski definition) is 2. The minimum Gasteiger partial charge on any atom is -0.377 e. The Morgan fingerprint density at radius 3 is 3.00 bits per heavy atom. The molecule has 2 N–H and O–H groups in total. The molecule has 0 bridgehead atoms. The van der Waals surface area contributed by atoms with E-state index in [1.54, 1.807) is 19.2 Å². The van der Waals surface area contributed by atoms with Gasteiger partial charge in [0, 0.05) is 36.8 Å². The second kappa shape index (κ2) is 12.3. The van der Waals surface area contributed by atoms with E-state index in [9.17, 15) is 4.39 Å². The van der Waals surface area contributed by atoms with Gasteiger partial charge >= 0.3 is 0 Å². The maximum Gasteiger partial charge on any atom is 0.191 e. The zero-order chi connectivity index (χ0) is 19.8. The third-order valence-electron chi connectivity index (χ3n) is 4.32. The van der Waals surface area contributed by atoms with Gasteiger partial charge in [-0.25, -0.2) is 14.1 Å². The van der Waals surface area contributed by atoms with Gasteiger partial charge in [-0.2, -0.15) is 5.10 Å². The highest BCUT2D eigenvalue weighted by molar-refractivity contribution is 14.0. The highest BCUT2D eigenvalue weighted by Crippen LogP contribution is 2.20. The quantitative estimate of drug-likeness (QED) is 0.179. The fourth-order valence-electron chi connectivity index (χ4n) is 3.06. The first-order chi connectivity index (χ1) is 13.7. The summed E-state index contributed by atoms with van der Waals surface area (Å²) in [7, 11) is 1.65. The van der Waals surface area contributed by atoms with Gasteiger partial charge in [-0.3, -0.25) is 4.99 Å². The number of fused-ring (bicyclic) bond motifs is 1. The molecule has 7 nitrogen and oxygen atoms in total. The van der Waals surface area contributed by atoms with Crippen LogP contribution in [0.25, 0.3) is 0 Å². The summed E-state index contributed by atoms with van der Waals surface area (Å²) in [4.78, 5) is 9.80. The van der Waals surface area contributed by atoms with E-state index in [1.807, 2.05) is 17.7 Å². The minimum atomic E-state index is -0.180. The van der Waals surface area contributed by atoms with Crippen LogP contribution in [-0.2, 0) is 24.3 Å². The van der Waals surface area contributed by atoms with Gasteiger partial charge in [0.1, 0.15) is 18.2 Å². The molecule has 0 aliphatic carbocycles. The van der Waals surface area contributed by atoms with Crippen molar-refractivity contribution in [3.63, 3.8) is 0 Å². The number of aryl methyl sites for hydroxylation is 1. The Labute approximate surface area is 192 Å². The van der Waals surface area contributed by atoms with Crippen LogP contribution in [0.3, 0.4) is 0 Å². The number of nitrogens with zero attached hydrogens (tertiary/aromatic N) is 4. The molecule has 0 saturated heterocycles. The predicted molar refractivity (Wildman–Crippen MR) is 124 cm³/mol. The molecular weight excluding hydrogens is 506 g/mol. The molecule has 1 aromatic heterocycles. The number of guanidine groups is 1. The molecule has 0 radical (unpaired) electrons. The fourth-order valence-corrected chi connectivity index (χ4v) is 3.84. The third-order valence-corrected chi connectivity index (χ3v) is 5.34. The SMILES string of the molecule is CCNC(=NCCSc1ccccc1F)NC1CCc2nc(COC)nn2C1.I. The van der Waals surface area contributed by atoms with E-state index >= 15 is 0 Å². The summed E-state index contributed by atoms with van der Waals surface area (Å²) >= 11 is 1.48. The Kier molecular flexibility index (Phi) is 10.2. The first-order valence-corrected chi connectivity index (χ1v) is 10.5. The van der Waals surface area contributed by atoms with Crippen LogP contribution >= 0.6 is 35.7 Å². The number of hydrogen-bond acceptors (Lipinski definition) is 5. The average molecular weight is 534 g/mol. The monoisotopic (exact) mass is 534 g/mol. The van der Waals surface area contributed by atoms with E-state index in [0.29, 0.717) is 18.0 Å². The first-order valence-electron chi connectivity index (χ1n) is 9.53. The molecule has 1 unspecified atom stereocenters. The molecule has 1 atom stereocenters. The topological polar surface area (TPSA) is 76.4 Å². The summed E-state index contributed by atoms with van der Waals surface area (Å²) in [6.45, 7) is 4.61. The van der Waals surface area contributed by atoms with Crippen molar-refractivity contribution in [2.75, 3.05) is 26.0 Å². The number of aromatic nitrogens is 3. The van der Waals surface area contributed by atoms with Crippen LogP contribution in [0.2, 0.25) is 0 Å². The van der Waals surface area contributed by atoms with E-state index < -0.39 is 0 Å². The van der Waals surface area contributed by atoms with Gasteiger partial charge in [-0.05, 0) is 25.5 Å². The van der Waals surface area contributed by atoms with Crippen LogP contribution in [0.4, 0.5) is 4.39 Å². The molecule has 0 fully saturated rings. The Balaban J connectivity index is 0.00000300. The lowest BCUT2D eigenvalue weighted by atomic mass is 10.1. The van der Waals surface area contributed by atoms with Crippen molar-refractivity contribution in [3.05, 3.63) is 41.7 Å². The van der Waals surface area contributed by atoms with E-state index in [0.717, 1.165) is 49.3 Å². The molecule has 2 heterocycles. The van der Waals surface area contributed by atoms with Crippen LogP contribution < -0.4 is 10.6 Å². The molecule has 10 heteroatoms. The van der Waals surface area contributed by atoms with Crippen LogP contribution in [-0.4, -0.2) is 52.7 Å². The van der Waals surface area contributed by atoms with Gasteiger partial charge in [0.05, 0.1) is 13.1 Å². The Hall–Kier alpha value is -1.40. The summed E-state index contributed by atoms with van der Waals surface area (Å²) in [5.74, 6) is 3.05. The maximum absolute atomic E-state index is 13.7. The number of thioether (sulfide) groups is 1. The lowest BCUT2D eigenvalue weighted by Gasteiger charge is -2.25. The van der Waals surface area contributed by atoms with Crippen molar-refractivity contribution in [1.82, 2.24) is 25.4 Å². The number of halogens is 2. The first kappa shape index (κ1) is 23.9. The summed E-state index contributed by atoms with van der Waals surface area (Å²) < 4.78 is 20.7. The lowest BCUT2D eigenvalue weighted by Crippen LogP contribution is -2.47. The highest BCUT2D eigenvalue weighted by atomic mass is 127. The molecule has 0 amide bonds. The Morgan fingerprint density at radius 1 is 1.41 bits per heavy atom. The molecule has 1 aliphatic rings. The van der Waals surface area contributed by atoms with Crippen LogP contribution in [0, 0.1) is 5.82 Å². The minimum absolute atomic E-state index is 0. The number of benzene rings is 1. The van der Waals surface area contributed by atoms with Gasteiger partial charge < -0.3 is 15.4 Å². The van der Waals surface area contributed by atoms with E-state index in [2.05, 4.69) is 25.7 Å². The summed E-state index contributed by atoms with van der Waals surface area (Å²) in [5.41, 5.74) is 0. The third kappa shape index (κ3) is 7.10. The van der Waals surface area contributed by atoms with E-state index in [4.69, 9.17) is 4.74 Å². The second-order valence-corrected chi connectivity index (χ2v) is 7.62. The van der Waals surface area contributed by atoms with Crippen molar-refractivity contribution in [1.29, 1.82) is 0 Å². The van der Waals surface area contributed by atoms with Crippen molar-refractivity contribution < 1.29 is 9.13 Å². The smallest absolute Gasteiger partial charge is 0.191 e. The van der Waals surface area contributed by atoms with Gasteiger partial charge in [0.25, 0.3) is 0 Å². The second-order valence-electron chi connectivity index (χ2n) is 6.48. The molecule has 1 aromatic carbocycles. The number of rotatable bonds is 8. The number of methoxy groups -OCH3 is 1. The van der Waals surface area contributed by atoms with Crippen molar-refractivity contribution in [3.8, 4) is 0 Å². The molecule has 0 spiro atoms. The van der Waals surface area contributed by atoms with Crippen molar-refractivity contribution >= 4 is 41.7 Å².